The maximum Gasteiger partial charge on any atom is 0.254 e. The summed E-state index contributed by atoms with van der Waals surface area (Å²) in [6, 6.07) is 4.16. The number of anilines is 1. The fourth-order valence-corrected chi connectivity index (χ4v) is 3.55. The number of carbonyl (C=O) groups is 1. The highest BCUT2D eigenvalue weighted by molar-refractivity contribution is 7.99. The Hall–Kier alpha value is -1.16. The summed E-state index contributed by atoms with van der Waals surface area (Å²) < 4.78 is 0. The Morgan fingerprint density at radius 1 is 1.39 bits per heavy atom. The SMILES string of the molecule is Cc1cc(C)c(C(=O)N(C)C2CCSC2)cc1N. The third-order valence-electron chi connectivity index (χ3n) is 3.62. The van der Waals surface area contributed by atoms with Crippen molar-refractivity contribution in [2.75, 3.05) is 24.3 Å². The molecule has 1 amide bonds. The first-order valence-corrected chi connectivity index (χ1v) is 7.38. The van der Waals surface area contributed by atoms with Crippen LogP contribution < -0.4 is 5.73 Å². The second-order valence-electron chi connectivity index (χ2n) is 4.96. The molecule has 0 spiro atoms. The fourth-order valence-electron chi connectivity index (χ4n) is 2.28. The third-order valence-corrected chi connectivity index (χ3v) is 4.76. The van der Waals surface area contributed by atoms with Crippen LogP contribution in [0.25, 0.3) is 0 Å². The van der Waals surface area contributed by atoms with Gasteiger partial charge in [-0.2, -0.15) is 11.8 Å². The van der Waals surface area contributed by atoms with Crippen LogP contribution in [0.3, 0.4) is 0 Å². The van der Waals surface area contributed by atoms with E-state index in [9.17, 15) is 4.79 Å². The van der Waals surface area contributed by atoms with Gasteiger partial charge < -0.3 is 10.6 Å². The summed E-state index contributed by atoms with van der Waals surface area (Å²) >= 11 is 1.91. The Balaban J connectivity index is 2.25. The van der Waals surface area contributed by atoms with Gasteiger partial charge in [-0.1, -0.05) is 6.07 Å². The van der Waals surface area contributed by atoms with Crippen molar-refractivity contribution in [3.8, 4) is 0 Å². The van der Waals surface area contributed by atoms with E-state index >= 15 is 0 Å². The number of nitrogen functional groups attached to an aromatic ring is 1. The number of thioether (sulfide) groups is 1. The van der Waals surface area contributed by atoms with E-state index in [0.29, 0.717) is 11.7 Å². The molecular formula is C14H20N2OS. The Morgan fingerprint density at radius 2 is 2.11 bits per heavy atom. The number of hydrogen-bond acceptors (Lipinski definition) is 3. The predicted molar refractivity (Wildman–Crippen MR) is 78.2 cm³/mol. The lowest BCUT2D eigenvalue weighted by molar-refractivity contribution is 0.0747. The van der Waals surface area contributed by atoms with Crippen LogP contribution in [0.15, 0.2) is 12.1 Å². The molecule has 1 atom stereocenters. The van der Waals surface area contributed by atoms with E-state index in [0.717, 1.165) is 34.6 Å². The van der Waals surface area contributed by atoms with Crippen molar-refractivity contribution < 1.29 is 4.79 Å². The van der Waals surface area contributed by atoms with Crippen LogP contribution in [0.5, 0.6) is 0 Å². The molecule has 1 fully saturated rings. The van der Waals surface area contributed by atoms with Gasteiger partial charge in [-0.25, -0.2) is 0 Å². The summed E-state index contributed by atoms with van der Waals surface area (Å²) in [7, 11) is 1.90. The zero-order chi connectivity index (χ0) is 13.3. The van der Waals surface area contributed by atoms with Crippen molar-refractivity contribution in [3.63, 3.8) is 0 Å². The molecule has 1 saturated heterocycles. The van der Waals surface area contributed by atoms with Crippen LogP contribution >= 0.6 is 11.8 Å². The number of hydrogen-bond donors (Lipinski definition) is 1. The number of nitrogens with zero attached hydrogens (tertiary/aromatic N) is 1. The summed E-state index contributed by atoms with van der Waals surface area (Å²) in [5, 5.41) is 0. The summed E-state index contributed by atoms with van der Waals surface area (Å²) in [5.41, 5.74) is 9.37. The molecule has 4 heteroatoms. The van der Waals surface area contributed by atoms with Gasteiger partial charge in [0.05, 0.1) is 0 Å². The topological polar surface area (TPSA) is 46.3 Å². The van der Waals surface area contributed by atoms with Crippen molar-refractivity contribution in [2.24, 2.45) is 0 Å². The number of benzene rings is 1. The fraction of sp³-hybridized carbons (Fsp3) is 0.500. The molecule has 1 aromatic carbocycles. The number of aryl methyl sites for hydroxylation is 2. The van der Waals surface area contributed by atoms with Crippen molar-refractivity contribution in [2.45, 2.75) is 26.3 Å². The van der Waals surface area contributed by atoms with Gasteiger partial charge in [0, 0.05) is 30.1 Å². The minimum atomic E-state index is 0.0895. The highest BCUT2D eigenvalue weighted by Gasteiger charge is 2.25. The molecule has 0 radical (unpaired) electrons. The summed E-state index contributed by atoms with van der Waals surface area (Å²) in [4.78, 5) is 14.3. The van der Waals surface area contributed by atoms with E-state index in [4.69, 9.17) is 5.73 Å². The minimum absolute atomic E-state index is 0.0895. The van der Waals surface area contributed by atoms with Gasteiger partial charge >= 0.3 is 0 Å². The second kappa shape index (κ2) is 5.22. The van der Waals surface area contributed by atoms with E-state index in [1.807, 2.05) is 49.7 Å². The Bertz CT molecular complexity index is 467. The molecule has 1 aliphatic heterocycles. The molecule has 1 aromatic rings. The smallest absolute Gasteiger partial charge is 0.254 e. The first-order valence-electron chi connectivity index (χ1n) is 6.22. The monoisotopic (exact) mass is 264 g/mol. The molecule has 1 unspecified atom stereocenters. The van der Waals surface area contributed by atoms with Crippen LogP contribution in [0.1, 0.15) is 27.9 Å². The Morgan fingerprint density at radius 3 is 2.72 bits per heavy atom. The van der Waals surface area contributed by atoms with Crippen molar-refractivity contribution >= 4 is 23.4 Å². The molecule has 0 aliphatic carbocycles. The largest absolute Gasteiger partial charge is 0.398 e. The van der Waals surface area contributed by atoms with E-state index in [1.54, 1.807) is 0 Å². The molecule has 0 saturated carbocycles. The molecule has 18 heavy (non-hydrogen) atoms. The number of amides is 1. The lowest BCUT2D eigenvalue weighted by Crippen LogP contribution is -2.37. The first kappa shape index (κ1) is 13.3. The van der Waals surface area contributed by atoms with E-state index in [2.05, 4.69) is 0 Å². The van der Waals surface area contributed by atoms with Gasteiger partial charge in [0.25, 0.3) is 5.91 Å². The lowest BCUT2D eigenvalue weighted by atomic mass is 10.0. The van der Waals surface area contributed by atoms with Crippen molar-refractivity contribution in [3.05, 3.63) is 28.8 Å². The normalized spacial score (nSPS) is 18.9. The quantitative estimate of drug-likeness (QED) is 0.835. The Kier molecular flexibility index (Phi) is 3.85. The molecule has 1 heterocycles. The highest BCUT2D eigenvalue weighted by Crippen LogP contribution is 2.24. The number of nitrogens with two attached hydrogens (primary N) is 1. The van der Waals surface area contributed by atoms with Crippen molar-refractivity contribution in [1.29, 1.82) is 0 Å². The average Bonchev–Trinajstić information content (AvgIpc) is 2.85. The van der Waals surface area contributed by atoms with E-state index < -0.39 is 0 Å². The van der Waals surface area contributed by atoms with E-state index in [-0.39, 0.29) is 5.91 Å². The standard InChI is InChI=1S/C14H20N2OS/c1-9-6-10(2)13(15)7-12(9)14(17)16(3)11-4-5-18-8-11/h6-7,11H,4-5,8,15H2,1-3H3. The molecule has 2 rings (SSSR count). The van der Waals surface area contributed by atoms with Gasteiger partial charge in [0.2, 0.25) is 0 Å². The van der Waals surface area contributed by atoms with Crippen molar-refractivity contribution in [1.82, 2.24) is 4.90 Å². The summed E-state index contributed by atoms with van der Waals surface area (Å²) in [6.07, 6.45) is 1.09. The van der Waals surface area contributed by atoms with Crippen LogP contribution in [0.4, 0.5) is 5.69 Å². The molecule has 3 nitrogen and oxygen atoms in total. The lowest BCUT2D eigenvalue weighted by Gasteiger charge is -2.25. The van der Waals surface area contributed by atoms with E-state index in [1.165, 1.54) is 0 Å². The third kappa shape index (κ3) is 2.48. The van der Waals surface area contributed by atoms with Gasteiger partial charge in [-0.15, -0.1) is 0 Å². The predicted octanol–water partition coefficient (Wildman–Crippen LogP) is 2.46. The maximum absolute atomic E-state index is 12.5. The van der Waals surface area contributed by atoms with Gasteiger partial charge in [0.15, 0.2) is 0 Å². The molecule has 0 bridgehead atoms. The average molecular weight is 264 g/mol. The van der Waals surface area contributed by atoms with Crippen LogP contribution in [0.2, 0.25) is 0 Å². The second-order valence-corrected chi connectivity index (χ2v) is 6.11. The molecule has 1 aliphatic rings. The first-order chi connectivity index (χ1) is 8.50. The number of rotatable bonds is 2. The minimum Gasteiger partial charge on any atom is -0.398 e. The maximum atomic E-state index is 12.5. The number of carbonyl (C=O) groups excluding carboxylic acids is 1. The van der Waals surface area contributed by atoms with Crippen LogP contribution in [-0.4, -0.2) is 35.4 Å². The molecule has 0 aromatic heterocycles. The van der Waals surface area contributed by atoms with Crippen LogP contribution in [-0.2, 0) is 0 Å². The zero-order valence-electron chi connectivity index (χ0n) is 11.2. The molecular weight excluding hydrogens is 244 g/mol. The van der Waals surface area contributed by atoms with Gasteiger partial charge in [-0.3, -0.25) is 4.79 Å². The summed E-state index contributed by atoms with van der Waals surface area (Å²) in [5.74, 6) is 2.28. The van der Waals surface area contributed by atoms with Gasteiger partial charge in [0.1, 0.15) is 0 Å². The summed E-state index contributed by atoms with van der Waals surface area (Å²) in [6.45, 7) is 3.94. The van der Waals surface area contributed by atoms with Gasteiger partial charge in [-0.05, 0) is 43.2 Å². The molecule has 98 valence electrons. The zero-order valence-corrected chi connectivity index (χ0v) is 12.0. The Labute approximate surface area is 113 Å². The highest BCUT2D eigenvalue weighted by atomic mass is 32.2. The molecule has 2 N–H and O–H groups in total. The van der Waals surface area contributed by atoms with Crippen LogP contribution in [0, 0.1) is 13.8 Å².